The van der Waals surface area contributed by atoms with Crippen molar-refractivity contribution in [2.75, 3.05) is 37.3 Å². The van der Waals surface area contributed by atoms with Gasteiger partial charge in [0.15, 0.2) is 0 Å². The van der Waals surface area contributed by atoms with E-state index in [9.17, 15) is 9.59 Å². The molecule has 0 fully saturated rings. The molecule has 2 rings (SSSR count). The van der Waals surface area contributed by atoms with E-state index < -0.39 is 0 Å². The number of anilines is 1. The minimum Gasteiger partial charge on any atom is -0.360 e. The second kappa shape index (κ2) is 6.47. The summed E-state index contributed by atoms with van der Waals surface area (Å²) in [6.07, 6.45) is 0. The van der Waals surface area contributed by atoms with Gasteiger partial charge in [-0.15, -0.1) is 11.8 Å². The van der Waals surface area contributed by atoms with Gasteiger partial charge >= 0.3 is 0 Å². The number of para-hydroxylation sites is 1. The number of nitrogens with one attached hydrogen (secondary N) is 2. The van der Waals surface area contributed by atoms with Crippen LogP contribution >= 0.6 is 11.8 Å². The van der Waals surface area contributed by atoms with Crippen LogP contribution in [0, 0.1) is 0 Å². The van der Waals surface area contributed by atoms with Gasteiger partial charge in [-0.1, -0.05) is 12.1 Å². The van der Waals surface area contributed by atoms with Crippen molar-refractivity contribution in [1.29, 1.82) is 0 Å². The Balaban J connectivity index is 1.93. The van der Waals surface area contributed by atoms with Gasteiger partial charge in [0.1, 0.15) is 0 Å². The average molecular weight is 279 g/mol. The fourth-order valence-electron chi connectivity index (χ4n) is 1.89. The first-order valence-corrected chi connectivity index (χ1v) is 7.13. The van der Waals surface area contributed by atoms with Crippen molar-refractivity contribution in [3.05, 3.63) is 24.3 Å². The largest absolute Gasteiger partial charge is 0.360 e. The van der Waals surface area contributed by atoms with Crippen LogP contribution in [0.3, 0.4) is 0 Å². The zero-order chi connectivity index (χ0) is 13.7. The lowest BCUT2D eigenvalue weighted by atomic mass is 10.2. The van der Waals surface area contributed by atoms with Crippen LogP contribution in [-0.4, -0.2) is 44.2 Å². The first kappa shape index (κ1) is 13.7. The Hall–Kier alpha value is -1.69. The molecular formula is C13H17N3O2S. The summed E-state index contributed by atoms with van der Waals surface area (Å²) in [6.45, 7) is 1.16. The highest BCUT2D eigenvalue weighted by atomic mass is 32.2. The van der Waals surface area contributed by atoms with Crippen molar-refractivity contribution in [2.45, 2.75) is 4.90 Å². The molecule has 0 radical (unpaired) electrons. The SMILES string of the molecule is CNC(=O)CNC(=O)CN1CCSc2ccccc21. The molecule has 0 aliphatic carbocycles. The second-order valence-electron chi connectivity index (χ2n) is 4.19. The Labute approximate surface area is 116 Å². The van der Waals surface area contributed by atoms with Gasteiger partial charge in [-0.3, -0.25) is 9.59 Å². The molecule has 0 spiro atoms. The van der Waals surface area contributed by atoms with Crippen molar-refractivity contribution < 1.29 is 9.59 Å². The van der Waals surface area contributed by atoms with Crippen LogP contribution < -0.4 is 15.5 Å². The molecule has 19 heavy (non-hydrogen) atoms. The molecule has 1 heterocycles. The number of amides is 2. The molecule has 0 saturated heterocycles. The van der Waals surface area contributed by atoms with Crippen molar-refractivity contribution in [2.24, 2.45) is 0 Å². The molecule has 0 unspecified atom stereocenters. The lowest BCUT2D eigenvalue weighted by Gasteiger charge is -2.30. The van der Waals surface area contributed by atoms with Crippen LogP contribution in [-0.2, 0) is 9.59 Å². The maximum absolute atomic E-state index is 11.8. The fourth-order valence-corrected chi connectivity index (χ4v) is 2.94. The maximum atomic E-state index is 11.8. The van der Waals surface area contributed by atoms with E-state index in [1.165, 1.54) is 4.90 Å². The predicted octanol–water partition coefficient (Wildman–Crippen LogP) is 0.461. The van der Waals surface area contributed by atoms with E-state index >= 15 is 0 Å². The summed E-state index contributed by atoms with van der Waals surface area (Å²) in [6, 6.07) is 8.06. The predicted molar refractivity (Wildman–Crippen MR) is 76.5 cm³/mol. The molecule has 6 heteroatoms. The molecular weight excluding hydrogens is 262 g/mol. The quantitative estimate of drug-likeness (QED) is 0.840. The first-order chi connectivity index (χ1) is 9.20. The van der Waals surface area contributed by atoms with Gasteiger partial charge in [0.2, 0.25) is 11.8 Å². The highest BCUT2D eigenvalue weighted by Gasteiger charge is 2.19. The van der Waals surface area contributed by atoms with Gasteiger partial charge in [-0.05, 0) is 12.1 Å². The Morgan fingerprint density at radius 3 is 2.89 bits per heavy atom. The van der Waals surface area contributed by atoms with E-state index in [1.54, 1.807) is 18.8 Å². The Morgan fingerprint density at radius 2 is 2.11 bits per heavy atom. The minimum absolute atomic E-state index is 0.0274. The van der Waals surface area contributed by atoms with Crippen LogP contribution in [0.1, 0.15) is 0 Å². The third-order valence-corrected chi connectivity index (χ3v) is 3.93. The number of nitrogens with zero attached hydrogens (tertiary/aromatic N) is 1. The standard InChI is InChI=1S/C13H17N3O2S/c1-14-12(17)8-15-13(18)9-16-6-7-19-11-5-3-2-4-10(11)16/h2-5H,6-9H2,1H3,(H,14,17)(H,15,18). The number of hydrogen-bond donors (Lipinski definition) is 2. The van der Waals surface area contributed by atoms with Crippen molar-refractivity contribution in [3.63, 3.8) is 0 Å². The minimum atomic E-state index is -0.192. The Kier molecular flexibility index (Phi) is 4.68. The molecule has 0 saturated carbocycles. The summed E-state index contributed by atoms with van der Waals surface area (Å²) in [5.74, 6) is 0.646. The number of carbonyl (C=O) groups excluding carboxylic acids is 2. The third kappa shape index (κ3) is 3.64. The van der Waals surface area contributed by atoms with Crippen molar-refractivity contribution >= 4 is 29.3 Å². The summed E-state index contributed by atoms with van der Waals surface area (Å²) in [7, 11) is 1.55. The number of carbonyl (C=O) groups is 2. The zero-order valence-electron chi connectivity index (χ0n) is 10.8. The Morgan fingerprint density at radius 1 is 1.32 bits per heavy atom. The number of likely N-dealkylation sites (N-methyl/N-ethyl adjacent to an activating group) is 1. The molecule has 0 bridgehead atoms. The highest BCUT2D eigenvalue weighted by molar-refractivity contribution is 7.99. The van der Waals surface area contributed by atoms with E-state index in [4.69, 9.17) is 0 Å². The first-order valence-electron chi connectivity index (χ1n) is 6.15. The fraction of sp³-hybridized carbons (Fsp3) is 0.385. The van der Waals surface area contributed by atoms with E-state index in [1.807, 2.05) is 23.1 Å². The van der Waals surface area contributed by atoms with Crippen LogP contribution in [0.5, 0.6) is 0 Å². The molecule has 1 aliphatic heterocycles. The molecule has 1 aromatic carbocycles. The third-order valence-electron chi connectivity index (χ3n) is 2.88. The second-order valence-corrected chi connectivity index (χ2v) is 5.32. The lowest BCUT2D eigenvalue weighted by Crippen LogP contribution is -2.43. The van der Waals surface area contributed by atoms with Gasteiger partial charge in [-0.25, -0.2) is 0 Å². The van der Waals surface area contributed by atoms with Crippen molar-refractivity contribution in [1.82, 2.24) is 10.6 Å². The molecule has 1 aliphatic rings. The number of benzene rings is 1. The van der Waals surface area contributed by atoms with E-state index in [-0.39, 0.29) is 24.9 Å². The van der Waals surface area contributed by atoms with E-state index in [0.717, 1.165) is 18.0 Å². The number of rotatable bonds is 4. The number of hydrogen-bond acceptors (Lipinski definition) is 4. The summed E-state index contributed by atoms with van der Waals surface area (Å²) in [5.41, 5.74) is 1.09. The van der Waals surface area contributed by atoms with Gasteiger partial charge in [0.05, 0.1) is 18.8 Å². The summed E-state index contributed by atoms with van der Waals surface area (Å²) >= 11 is 1.80. The molecule has 5 nitrogen and oxygen atoms in total. The van der Waals surface area contributed by atoms with Gasteiger partial charge < -0.3 is 15.5 Å². The lowest BCUT2D eigenvalue weighted by molar-refractivity contribution is -0.125. The molecule has 102 valence electrons. The van der Waals surface area contributed by atoms with Crippen molar-refractivity contribution in [3.8, 4) is 0 Å². The van der Waals surface area contributed by atoms with E-state index in [2.05, 4.69) is 16.7 Å². The summed E-state index contributed by atoms with van der Waals surface area (Å²) in [5, 5.41) is 5.08. The van der Waals surface area contributed by atoms with Gasteiger partial charge in [-0.2, -0.15) is 0 Å². The van der Waals surface area contributed by atoms with Gasteiger partial charge in [0, 0.05) is 24.2 Å². The van der Waals surface area contributed by atoms with Gasteiger partial charge in [0.25, 0.3) is 0 Å². The average Bonchev–Trinajstić information content (AvgIpc) is 2.45. The zero-order valence-corrected chi connectivity index (χ0v) is 11.6. The number of fused-ring (bicyclic) bond motifs is 1. The van der Waals surface area contributed by atoms with Crippen LogP contribution in [0.4, 0.5) is 5.69 Å². The Bertz CT molecular complexity index is 479. The normalized spacial score (nSPS) is 13.6. The molecule has 0 aromatic heterocycles. The van der Waals surface area contributed by atoms with Crippen LogP contribution in [0.25, 0.3) is 0 Å². The molecule has 1 aromatic rings. The van der Waals surface area contributed by atoms with Crippen LogP contribution in [0.2, 0.25) is 0 Å². The summed E-state index contributed by atoms with van der Waals surface area (Å²) in [4.78, 5) is 26.1. The molecule has 2 N–H and O–H groups in total. The highest BCUT2D eigenvalue weighted by Crippen LogP contribution is 2.33. The smallest absolute Gasteiger partial charge is 0.239 e. The monoisotopic (exact) mass is 279 g/mol. The number of thioether (sulfide) groups is 1. The van der Waals surface area contributed by atoms with Crippen LogP contribution in [0.15, 0.2) is 29.2 Å². The molecule has 0 atom stereocenters. The maximum Gasteiger partial charge on any atom is 0.239 e. The van der Waals surface area contributed by atoms with E-state index in [0.29, 0.717) is 0 Å². The topological polar surface area (TPSA) is 61.4 Å². The summed E-state index contributed by atoms with van der Waals surface area (Å²) < 4.78 is 0. The molecule has 2 amide bonds.